The van der Waals surface area contributed by atoms with Gasteiger partial charge in [0, 0.05) is 55.8 Å². The SMILES string of the molecule is CC(C)S(=O)(=O)N[C@H]1CC[C@H](CNc2ccc(N3CCN(c4ccccc4)CC3)cc2)CC1. The topological polar surface area (TPSA) is 64.7 Å². The van der Waals surface area contributed by atoms with E-state index in [4.69, 9.17) is 0 Å². The van der Waals surface area contributed by atoms with Gasteiger partial charge in [-0.2, -0.15) is 0 Å². The number of rotatable bonds is 8. The average Bonchev–Trinajstić information content (AvgIpc) is 2.84. The summed E-state index contributed by atoms with van der Waals surface area (Å²) in [7, 11) is -3.17. The lowest BCUT2D eigenvalue weighted by Crippen LogP contribution is -2.46. The normalized spacial score (nSPS) is 21.9. The molecule has 0 atom stereocenters. The van der Waals surface area contributed by atoms with Crippen LogP contribution in [0.4, 0.5) is 17.1 Å². The predicted molar refractivity (Wildman–Crippen MR) is 139 cm³/mol. The Morgan fingerprint density at radius 2 is 1.36 bits per heavy atom. The molecule has 2 aliphatic rings. The Hall–Kier alpha value is -2.25. The van der Waals surface area contributed by atoms with Crippen LogP contribution in [-0.2, 0) is 10.0 Å². The molecule has 0 unspecified atom stereocenters. The standard InChI is InChI=1S/C26H38N4O2S/c1-21(2)33(31,32)28-24-10-8-22(9-11-24)20-27-23-12-14-26(15-13-23)30-18-16-29(17-19-30)25-6-4-3-5-7-25/h3-7,12-15,21-22,24,27-28H,8-11,16-20H2,1-2H3/t22-,24-. The van der Waals surface area contributed by atoms with Gasteiger partial charge in [-0.25, -0.2) is 13.1 Å². The second-order valence-electron chi connectivity index (χ2n) is 9.67. The van der Waals surface area contributed by atoms with Crippen molar-refractivity contribution in [1.82, 2.24) is 4.72 Å². The lowest BCUT2D eigenvalue weighted by Gasteiger charge is -2.37. The fourth-order valence-electron chi connectivity index (χ4n) is 4.77. The Balaban J connectivity index is 1.19. The first kappa shape index (κ1) is 23.9. The molecule has 180 valence electrons. The Morgan fingerprint density at radius 3 is 1.91 bits per heavy atom. The van der Waals surface area contributed by atoms with E-state index in [-0.39, 0.29) is 11.3 Å². The molecule has 33 heavy (non-hydrogen) atoms. The molecule has 7 heteroatoms. The number of anilines is 3. The zero-order chi connectivity index (χ0) is 23.3. The molecule has 1 saturated carbocycles. The monoisotopic (exact) mass is 470 g/mol. The Morgan fingerprint density at radius 1 is 0.818 bits per heavy atom. The summed E-state index contributed by atoms with van der Waals surface area (Å²) in [4.78, 5) is 4.91. The molecule has 2 aromatic rings. The first-order chi connectivity index (χ1) is 15.9. The van der Waals surface area contributed by atoms with Gasteiger partial charge >= 0.3 is 0 Å². The van der Waals surface area contributed by atoms with Gasteiger partial charge in [-0.3, -0.25) is 0 Å². The first-order valence-electron chi connectivity index (χ1n) is 12.3. The van der Waals surface area contributed by atoms with Crippen molar-refractivity contribution in [3.05, 3.63) is 54.6 Å². The largest absolute Gasteiger partial charge is 0.385 e. The van der Waals surface area contributed by atoms with Crippen molar-refractivity contribution in [2.45, 2.75) is 50.8 Å². The van der Waals surface area contributed by atoms with Gasteiger partial charge in [-0.15, -0.1) is 0 Å². The molecule has 0 spiro atoms. The van der Waals surface area contributed by atoms with Crippen LogP contribution in [0.2, 0.25) is 0 Å². The van der Waals surface area contributed by atoms with Crippen molar-refractivity contribution in [3.8, 4) is 0 Å². The third kappa shape index (κ3) is 6.42. The summed E-state index contributed by atoms with van der Waals surface area (Å²) >= 11 is 0. The zero-order valence-corrected chi connectivity index (χ0v) is 20.7. The molecule has 0 bridgehead atoms. The van der Waals surface area contributed by atoms with E-state index < -0.39 is 10.0 Å². The van der Waals surface area contributed by atoms with Crippen LogP contribution in [-0.4, -0.2) is 52.4 Å². The lowest BCUT2D eigenvalue weighted by molar-refractivity contribution is 0.323. The van der Waals surface area contributed by atoms with Crippen molar-refractivity contribution in [3.63, 3.8) is 0 Å². The number of nitrogens with zero attached hydrogens (tertiary/aromatic N) is 2. The highest BCUT2D eigenvalue weighted by molar-refractivity contribution is 7.90. The van der Waals surface area contributed by atoms with E-state index in [1.807, 2.05) is 0 Å². The maximum atomic E-state index is 12.1. The molecular formula is C26H38N4O2S. The van der Waals surface area contributed by atoms with Gasteiger partial charge in [0.15, 0.2) is 0 Å². The van der Waals surface area contributed by atoms with Gasteiger partial charge in [0.2, 0.25) is 10.0 Å². The van der Waals surface area contributed by atoms with E-state index in [1.54, 1.807) is 13.8 Å². The number of para-hydroxylation sites is 1. The molecule has 0 radical (unpaired) electrons. The second kappa shape index (κ2) is 10.8. The van der Waals surface area contributed by atoms with Crippen LogP contribution in [0.3, 0.4) is 0 Å². The van der Waals surface area contributed by atoms with Gasteiger partial charge < -0.3 is 15.1 Å². The van der Waals surface area contributed by atoms with E-state index >= 15 is 0 Å². The molecule has 1 aliphatic heterocycles. The van der Waals surface area contributed by atoms with E-state index in [0.717, 1.165) is 64.1 Å². The van der Waals surface area contributed by atoms with Crippen molar-refractivity contribution in [2.24, 2.45) is 5.92 Å². The predicted octanol–water partition coefficient (Wildman–Crippen LogP) is 4.31. The number of nitrogens with one attached hydrogen (secondary N) is 2. The fraction of sp³-hybridized carbons (Fsp3) is 0.538. The van der Waals surface area contributed by atoms with Crippen LogP contribution in [0.25, 0.3) is 0 Å². The summed E-state index contributed by atoms with van der Waals surface area (Å²) in [5.74, 6) is 0.593. The molecule has 1 heterocycles. The maximum absolute atomic E-state index is 12.1. The summed E-state index contributed by atoms with van der Waals surface area (Å²) in [5, 5.41) is 3.22. The number of hydrogen-bond acceptors (Lipinski definition) is 5. The molecule has 2 aromatic carbocycles. The van der Waals surface area contributed by atoms with E-state index in [2.05, 4.69) is 74.4 Å². The van der Waals surface area contributed by atoms with Gasteiger partial charge in [0.25, 0.3) is 0 Å². The third-order valence-corrected chi connectivity index (χ3v) is 8.93. The van der Waals surface area contributed by atoms with Gasteiger partial charge in [0.1, 0.15) is 0 Å². The summed E-state index contributed by atoms with van der Waals surface area (Å²) in [6, 6.07) is 19.5. The molecule has 1 saturated heterocycles. The highest BCUT2D eigenvalue weighted by Gasteiger charge is 2.26. The molecule has 4 rings (SSSR count). The Bertz CT molecular complexity index is 963. The molecule has 0 amide bonds. The number of benzene rings is 2. The van der Waals surface area contributed by atoms with Crippen LogP contribution in [0.5, 0.6) is 0 Å². The highest BCUT2D eigenvalue weighted by atomic mass is 32.2. The fourth-order valence-corrected chi connectivity index (χ4v) is 5.74. The zero-order valence-electron chi connectivity index (χ0n) is 19.9. The van der Waals surface area contributed by atoms with E-state index in [0.29, 0.717) is 5.92 Å². The van der Waals surface area contributed by atoms with Crippen LogP contribution < -0.4 is 19.8 Å². The van der Waals surface area contributed by atoms with Crippen LogP contribution in [0, 0.1) is 5.92 Å². The van der Waals surface area contributed by atoms with Crippen LogP contribution >= 0.6 is 0 Å². The quantitative estimate of drug-likeness (QED) is 0.602. The van der Waals surface area contributed by atoms with Crippen LogP contribution in [0.1, 0.15) is 39.5 Å². The first-order valence-corrected chi connectivity index (χ1v) is 13.9. The average molecular weight is 471 g/mol. The summed E-state index contributed by atoms with van der Waals surface area (Å²) in [6.07, 6.45) is 3.96. The molecule has 1 aliphatic carbocycles. The van der Waals surface area contributed by atoms with Gasteiger partial charge in [0.05, 0.1) is 5.25 Å². The van der Waals surface area contributed by atoms with Crippen molar-refractivity contribution < 1.29 is 8.42 Å². The van der Waals surface area contributed by atoms with Crippen molar-refractivity contribution in [1.29, 1.82) is 0 Å². The maximum Gasteiger partial charge on any atom is 0.214 e. The van der Waals surface area contributed by atoms with E-state index in [9.17, 15) is 8.42 Å². The number of piperazine rings is 1. The summed E-state index contributed by atoms with van der Waals surface area (Å²) in [6.45, 7) is 8.55. The second-order valence-corrected chi connectivity index (χ2v) is 11.9. The van der Waals surface area contributed by atoms with Gasteiger partial charge in [-0.1, -0.05) is 18.2 Å². The van der Waals surface area contributed by atoms with E-state index in [1.165, 1.54) is 11.4 Å². The summed E-state index contributed by atoms with van der Waals surface area (Å²) in [5.41, 5.74) is 3.75. The third-order valence-electron chi connectivity index (χ3n) is 7.03. The molecule has 0 aromatic heterocycles. The number of hydrogen-bond donors (Lipinski definition) is 2. The Kier molecular flexibility index (Phi) is 7.81. The van der Waals surface area contributed by atoms with Crippen molar-refractivity contribution in [2.75, 3.05) is 47.8 Å². The highest BCUT2D eigenvalue weighted by Crippen LogP contribution is 2.26. The van der Waals surface area contributed by atoms with Gasteiger partial charge in [-0.05, 0) is 81.8 Å². The minimum atomic E-state index is -3.17. The van der Waals surface area contributed by atoms with Crippen LogP contribution in [0.15, 0.2) is 54.6 Å². The van der Waals surface area contributed by atoms with Crippen molar-refractivity contribution >= 4 is 27.1 Å². The molecule has 2 fully saturated rings. The molecular weight excluding hydrogens is 432 g/mol. The molecule has 6 nitrogen and oxygen atoms in total. The molecule has 2 N–H and O–H groups in total. The minimum absolute atomic E-state index is 0.0929. The lowest BCUT2D eigenvalue weighted by atomic mass is 9.86. The number of sulfonamides is 1. The summed E-state index contributed by atoms with van der Waals surface area (Å²) < 4.78 is 27.1. The minimum Gasteiger partial charge on any atom is -0.385 e. The Labute approximate surface area is 199 Å². The smallest absolute Gasteiger partial charge is 0.214 e.